The van der Waals surface area contributed by atoms with Crippen LogP contribution in [0.1, 0.15) is 26.2 Å². The topological polar surface area (TPSA) is 63.3 Å². The van der Waals surface area contributed by atoms with E-state index in [1.807, 2.05) is 6.92 Å². The molecule has 1 fully saturated rings. The van der Waals surface area contributed by atoms with E-state index in [0.717, 1.165) is 12.8 Å². The molecule has 11 heavy (non-hydrogen) atoms. The van der Waals surface area contributed by atoms with E-state index in [1.54, 1.807) is 0 Å². The Hall–Kier alpha value is -0.280. The molecule has 0 aliphatic heterocycles. The maximum absolute atomic E-state index is 10.6. The van der Waals surface area contributed by atoms with Crippen molar-refractivity contribution in [3.05, 3.63) is 0 Å². The molecular weight excluding hydrogens is 166 g/mol. The molecule has 0 saturated heterocycles. The molecule has 66 valence electrons. The van der Waals surface area contributed by atoms with Crippen molar-refractivity contribution in [2.24, 2.45) is 11.7 Å². The molecule has 1 rings (SSSR count). The number of carboxylic acids is 1. The number of halogens is 1. The van der Waals surface area contributed by atoms with Gasteiger partial charge in [-0.25, -0.2) is 0 Å². The van der Waals surface area contributed by atoms with Gasteiger partial charge < -0.3 is 10.8 Å². The van der Waals surface area contributed by atoms with E-state index in [-0.39, 0.29) is 18.3 Å². The van der Waals surface area contributed by atoms with Crippen LogP contribution in [0.5, 0.6) is 0 Å². The molecule has 0 spiro atoms. The Balaban J connectivity index is 0.000001000. The minimum atomic E-state index is -0.931. The molecule has 0 bridgehead atoms. The lowest BCUT2D eigenvalue weighted by Crippen LogP contribution is -2.49. The Morgan fingerprint density at radius 3 is 2.45 bits per heavy atom. The van der Waals surface area contributed by atoms with Crippen molar-refractivity contribution in [1.82, 2.24) is 0 Å². The average molecular weight is 180 g/mol. The Morgan fingerprint density at radius 1 is 1.73 bits per heavy atom. The lowest BCUT2D eigenvalue weighted by atomic mass is 9.90. The monoisotopic (exact) mass is 179 g/mol. The molecule has 3 nitrogen and oxygen atoms in total. The van der Waals surface area contributed by atoms with Gasteiger partial charge in [0.1, 0.15) is 5.54 Å². The molecule has 2 unspecified atom stereocenters. The SMILES string of the molecule is CC1CCCC1(N)C(=O)O.Cl. The highest BCUT2D eigenvalue weighted by Crippen LogP contribution is 2.33. The predicted octanol–water partition coefficient (Wildman–Crippen LogP) is 1.01. The lowest BCUT2D eigenvalue weighted by molar-refractivity contribution is -0.144. The third-order valence-corrected chi connectivity index (χ3v) is 2.51. The lowest BCUT2D eigenvalue weighted by Gasteiger charge is -2.22. The van der Waals surface area contributed by atoms with Gasteiger partial charge in [0.05, 0.1) is 0 Å². The highest BCUT2D eigenvalue weighted by atomic mass is 35.5. The summed E-state index contributed by atoms with van der Waals surface area (Å²) in [5, 5.41) is 8.72. The number of nitrogens with two attached hydrogens (primary N) is 1. The summed E-state index contributed by atoms with van der Waals surface area (Å²) in [5.74, 6) is -0.720. The van der Waals surface area contributed by atoms with Gasteiger partial charge in [0.15, 0.2) is 0 Å². The first-order chi connectivity index (χ1) is 4.57. The van der Waals surface area contributed by atoms with Gasteiger partial charge in [0.2, 0.25) is 0 Å². The van der Waals surface area contributed by atoms with Crippen molar-refractivity contribution < 1.29 is 9.90 Å². The number of hydrogen-bond acceptors (Lipinski definition) is 2. The minimum absolute atomic E-state index is 0. The minimum Gasteiger partial charge on any atom is -0.480 e. The van der Waals surface area contributed by atoms with Gasteiger partial charge in [-0.2, -0.15) is 0 Å². The van der Waals surface area contributed by atoms with Gasteiger partial charge in [-0.05, 0) is 18.8 Å². The maximum Gasteiger partial charge on any atom is 0.323 e. The molecule has 4 heteroatoms. The first-order valence-electron chi connectivity index (χ1n) is 3.59. The van der Waals surface area contributed by atoms with Crippen LogP contribution in [0.4, 0.5) is 0 Å². The maximum atomic E-state index is 10.6. The van der Waals surface area contributed by atoms with Crippen LogP contribution in [-0.4, -0.2) is 16.6 Å². The molecule has 3 N–H and O–H groups in total. The second-order valence-corrected chi connectivity index (χ2v) is 3.14. The van der Waals surface area contributed by atoms with E-state index in [4.69, 9.17) is 10.8 Å². The summed E-state index contributed by atoms with van der Waals surface area (Å²) in [6.45, 7) is 1.90. The van der Waals surface area contributed by atoms with E-state index < -0.39 is 11.5 Å². The molecule has 0 aromatic rings. The molecule has 0 heterocycles. The number of carboxylic acid groups (broad SMARTS) is 1. The van der Waals surface area contributed by atoms with E-state index >= 15 is 0 Å². The smallest absolute Gasteiger partial charge is 0.323 e. The van der Waals surface area contributed by atoms with E-state index in [1.165, 1.54) is 0 Å². The van der Waals surface area contributed by atoms with E-state index in [9.17, 15) is 4.79 Å². The quantitative estimate of drug-likeness (QED) is 0.632. The summed E-state index contributed by atoms with van der Waals surface area (Å²) >= 11 is 0. The number of carbonyl (C=O) groups is 1. The van der Waals surface area contributed by atoms with Gasteiger partial charge in [0, 0.05) is 0 Å². The summed E-state index contributed by atoms with van der Waals surface area (Å²) in [5.41, 5.74) is 4.72. The van der Waals surface area contributed by atoms with Crippen LogP contribution in [0.15, 0.2) is 0 Å². The zero-order valence-corrected chi connectivity index (χ0v) is 7.36. The fourth-order valence-electron chi connectivity index (χ4n) is 1.52. The number of aliphatic carboxylic acids is 1. The van der Waals surface area contributed by atoms with Gasteiger partial charge in [0.25, 0.3) is 0 Å². The molecular formula is C7H14ClNO2. The van der Waals surface area contributed by atoms with Crippen molar-refractivity contribution >= 4 is 18.4 Å². The Bertz CT molecular complexity index is 163. The van der Waals surface area contributed by atoms with Crippen molar-refractivity contribution in [2.75, 3.05) is 0 Å². The van der Waals surface area contributed by atoms with Crippen LogP contribution in [0.25, 0.3) is 0 Å². The largest absolute Gasteiger partial charge is 0.480 e. The predicted molar refractivity (Wildman–Crippen MR) is 44.8 cm³/mol. The molecule has 0 aromatic carbocycles. The molecule has 1 aliphatic carbocycles. The van der Waals surface area contributed by atoms with Crippen LogP contribution >= 0.6 is 12.4 Å². The van der Waals surface area contributed by atoms with Gasteiger partial charge in [-0.15, -0.1) is 12.4 Å². The van der Waals surface area contributed by atoms with E-state index in [0.29, 0.717) is 6.42 Å². The second kappa shape index (κ2) is 3.41. The Kier molecular flexibility index (Phi) is 3.32. The van der Waals surface area contributed by atoms with Crippen LogP contribution in [0.3, 0.4) is 0 Å². The average Bonchev–Trinajstić information content (AvgIpc) is 2.15. The molecule has 1 saturated carbocycles. The summed E-state index contributed by atoms with van der Waals surface area (Å²) in [4.78, 5) is 10.6. The van der Waals surface area contributed by atoms with Gasteiger partial charge in [-0.3, -0.25) is 4.79 Å². The summed E-state index contributed by atoms with van der Waals surface area (Å²) < 4.78 is 0. The molecule has 0 radical (unpaired) electrons. The zero-order chi connectivity index (χ0) is 7.78. The number of rotatable bonds is 1. The number of hydrogen-bond donors (Lipinski definition) is 2. The Labute approximate surface area is 72.4 Å². The third-order valence-electron chi connectivity index (χ3n) is 2.51. The fourth-order valence-corrected chi connectivity index (χ4v) is 1.52. The second-order valence-electron chi connectivity index (χ2n) is 3.14. The van der Waals surface area contributed by atoms with Crippen molar-refractivity contribution in [3.63, 3.8) is 0 Å². The van der Waals surface area contributed by atoms with Crippen LogP contribution in [-0.2, 0) is 4.79 Å². The molecule has 1 aliphatic rings. The van der Waals surface area contributed by atoms with Crippen molar-refractivity contribution in [1.29, 1.82) is 0 Å². The van der Waals surface area contributed by atoms with Gasteiger partial charge >= 0.3 is 5.97 Å². The first kappa shape index (κ1) is 10.7. The van der Waals surface area contributed by atoms with Crippen molar-refractivity contribution in [2.45, 2.75) is 31.7 Å². The highest BCUT2D eigenvalue weighted by molar-refractivity contribution is 5.85. The van der Waals surface area contributed by atoms with E-state index in [2.05, 4.69) is 0 Å². The van der Waals surface area contributed by atoms with Gasteiger partial charge in [-0.1, -0.05) is 13.3 Å². The molecule has 0 aromatic heterocycles. The molecule has 2 atom stereocenters. The molecule has 0 amide bonds. The highest BCUT2D eigenvalue weighted by Gasteiger charge is 2.43. The van der Waals surface area contributed by atoms with Crippen LogP contribution < -0.4 is 5.73 Å². The normalized spacial score (nSPS) is 36.4. The van der Waals surface area contributed by atoms with Crippen molar-refractivity contribution in [3.8, 4) is 0 Å². The standard InChI is InChI=1S/C7H13NO2.ClH/c1-5-3-2-4-7(5,8)6(9)10;/h5H,2-4,8H2,1H3,(H,9,10);1H. The zero-order valence-electron chi connectivity index (χ0n) is 6.54. The third kappa shape index (κ3) is 1.65. The Morgan fingerprint density at radius 2 is 2.27 bits per heavy atom. The summed E-state index contributed by atoms with van der Waals surface area (Å²) in [7, 11) is 0. The fraction of sp³-hybridized carbons (Fsp3) is 0.857. The van der Waals surface area contributed by atoms with Crippen LogP contribution in [0, 0.1) is 5.92 Å². The van der Waals surface area contributed by atoms with Crippen LogP contribution in [0.2, 0.25) is 0 Å². The first-order valence-corrected chi connectivity index (χ1v) is 3.59. The summed E-state index contributed by atoms with van der Waals surface area (Å²) in [6.07, 6.45) is 2.52. The summed E-state index contributed by atoms with van der Waals surface area (Å²) in [6, 6.07) is 0.